The third-order valence-electron chi connectivity index (χ3n) is 3.75. The lowest BCUT2D eigenvalue weighted by Gasteiger charge is -2.25. The number of nitrogens with zero attached hydrogens (tertiary/aromatic N) is 1. The van der Waals surface area contributed by atoms with E-state index in [0.29, 0.717) is 18.6 Å². The van der Waals surface area contributed by atoms with Crippen molar-refractivity contribution in [1.82, 2.24) is 4.98 Å². The molecule has 0 saturated heterocycles. The van der Waals surface area contributed by atoms with Crippen LogP contribution in [0.3, 0.4) is 0 Å². The number of hydrogen-bond donors (Lipinski definition) is 0. The molecule has 3 nitrogen and oxygen atoms in total. The van der Waals surface area contributed by atoms with Gasteiger partial charge in [-0.3, -0.25) is 9.78 Å². The fourth-order valence-electron chi connectivity index (χ4n) is 2.60. The number of Topliss-reactive ketones (excluding diaryl/α,β-unsaturated/α-hetero) is 1. The molecule has 0 saturated carbocycles. The van der Waals surface area contributed by atoms with Crippen molar-refractivity contribution >= 4 is 5.78 Å². The average Bonchev–Trinajstić information content (AvgIpc) is 2.48. The van der Waals surface area contributed by atoms with Gasteiger partial charge in [-0.2, -0.15) is 0 Å². The van der Waals surface area contributed by atoms with Gasteiger partial charge >= 0.3 is 0 Å². The van der Waals surface area contributed by atoms with Crippen LogP contribution in [0.25, 0.3) is 0 Å². The van der Waals surface area contributed by atoms with Gasteiger partial charge in [0, 0.05) is 23.9 Å². The van der Waals surface area contributed by atoms with Gasteiger partial charge in [0.15, 0.2) is 5.78 Å². The Kier molecular flexibility index (Phi) is 3.50. The van der Waals surface area contributed by atoms with Crippen molar-refractivity contribution in [2.24, 2.45) is 0 Å². The summed E-state index contributed by atoms with van der Waals surface area (Å²) >= 11 is 0. The zero-order valence-corrected chi connectivity index (χ0v) is 11.5. The lowest BCUT2D eigenvalue weighted by molar-refractivity contribution is 0.0965. The number of pyridine rings is 1. The molecule has 1 aliphatic heterocycles. The summed E-state index contributed by atoms with van der Waals surface area (Å²) in [5.74, 6) is 1.31. The van der Waals surface area contributed by atoms with Crippen LogP contribution >= 0.6 is 0 Å². The van der Waals surface area contributed by atoms with Crippen LogP contribution in [0.5, 0.6) is 5.75 Å². The van der Waals surface area contributed by atoms with Crippen molar-refractivity contribution in [3.8, 4) is 5.75 Å². The highest BCUT2D eigenvalue weighted by Crippen LogP contribution is 2.36. The molecule has 0 N–H and O–H groups in total. The van der Waals surface area contributed by atoms with Gasteiger partial charge in [-0.05, 0) is 43.0 Å². The average molecular weight is 267 g/mol. The molecule has 1 aliphatic rings. The summed E-state index contributed by atoms with van der Waals surface area (Å²) in [4.78, 5) is 16.5. The Bertz CT molecular complexity index is 619. The minimum atomic E-state index is 0.152. The fourth-order valence-corrected chi connectivity index (χ4v) is 2.60. The first kappa shape index (κ1) is 12.9. The Labute approximate surface area is 118 Å². The quantitative estimate of drug-likeness (QED) is 0.799. The third kappa shape index (κ3) is 2.57. The van der Waals surface area contributed by atoms with Gasteiger partial charge in [0.2, 0.25) is 0 Å². The van der Waals surface area contributed by atoms with Crippen molar-refractivity contribution in [2.75, 3.05) is 6.61 Å². The highest BCUT2D eigenvalue weighted by Gasteiger charge is 2.23. The van der Waals surface area contributed by atoms with E-state index in [4.69, 9.17) is 4.74 Å². The van der Waals surface area contributed by atoms with Crippen molar-refractivity contribution in [3.05, 3.63) is 59.4 Å². The molecule has 1 aromatic carbocycles. The van der Waals surface area contributed by atoms with E-state index in [2.05, 4.69) is 11.1 Å². The lowest BCUT2D eigenvalue weighted by atomic mass is 9.87. The standard InChI is InChI=1S/C17H17NO2/c1-12-6-7-14(11-18-12)16(19)10-13-8-9-20-17-5-3-2-4-15(13)17/h2-7,11,13H,8-10H2,1H3. The zero-order valence-electron chi connectivity index (χ0n) is 11.5. The Morgan fingerprint density at radius 3 is 2.95 bits per heavy atom. The van der Waals surface area contributed by atoms with Crippen LogP contribution in [0.1, 0.15) is 40.4 Å². The molecule has 1 unspecified atom stereocenters. The molecule has 2 heterocycles. The van der Waals surface area contributed by atoms with Gasteiger partial charge < -0.3 is 4.74 Å². The Morgan fingerprint density at radius 2 is 2.15 bits per heavy atom. The van der Waals surface area contributed by atoms with Gasteiger partial charge in [0.05, 0.1) is 6.61 Å². The smallest absolute Gasteiger partial charge is 0.165 e. The number of ether oxygens (including phenoxy) is 1. The summed E-state index contributed by atoms with van der Waals surface area (Å²) < 4.78 is 5.63. The molecule has 3 rings (SSSR count). The van der Waals surface area contributed by atoms with Crippen LogP contribution in [0.15, 0.2) is 42.6 Å². The highest BCUT2D eigenvalue weighted by atomic mass is 16.5. The van der Waals surface area contributed by atoms with Crippen molar-refractivity contribution in [2.45, 2.75) is 25.7 Å². The van der Waals surface area contributed by atoms with Crippen molar-refractivity contribution < 1.29 is 9.53 Å². The second kappa shape index (κ2) is 5.45. The molecule has 1 atom stereocenters. The van der Waals surface area contributed by atoms with Crippen molar-refractivity contribution in [1.29, 1.82) is 0 Å². The number of aryl methyl sites for hydroxylation is 1. The molecular weight excluding hydrogens is 250 g/mol. The molecule has 3 heteroatoms. The fraction of sp³-hybridized carbons (Fsp3) is 0.294. The Hall–Kier alpha value is -2.16. The van der Waals surface area contributed by atoms with E-state index in [1.165, 1.54) is 0 Å². The first-order valence-electron chi connectivity index (χ1n) is 6.91. The highest BCUT2D eigenvalue weighted by molar-refractivity contribution is 5.96. The molecule has 0 aliphatic carbocycles. The Morgan fingerprint density at radius 1 is 1.30 bits per heavy atom. The van der Waals surface area contributed by atoms with Gasteiger partial charge in [0.25, 0.3) is 0 Å². The summed E-state index contributed by atoms with van der Waals surface area (Å²) in [7, 11) is 0. The van der Waals surface area contributed by atoms with E-state index in [1.807, 2.05) is 37.3 Å². The minimum absolute atomic E-state index is 0.152. The number of benzene rings is 1. The number of carbonyl (C=O) groups excluding carboxylic acids is 1. The molecular formula is C17H17NO2. The molecule has 0 fully saturated rings. The summed E-state index contributed by atoms with van der Waals surface area (Å²) in [6.45, 7) is 2.60. The molecule has 0 spiro atoms. The number of hydrogen-bond acceptors (Lipinski definition) is 3. The first-order chi connectivity index (χ1) is 9.74. The van der Waals surface area contributed by atoms with Crippen LogP contribution in [-0.2, 0) is 0 Å². The van der Waals surface area contributed by atoms with E-state index in [1.54, 1.807) is 6.20 Å². The number of fused-ring (bicyclic) bond motifs is 1. The molecule has 0 bridgehead atoms. The topological polar surface area (TPSA) is 39.2 Å². The number of para-hydroxylation sites is 1. The Balaban J connectivity index is 1.79. The van der Waals surface area contributed by atoms with Crippen LogP contribution in [0, 0.1) is 6.92 Å². The lowest BCUT2D eigenvalue weighted by Crippen LogP contribution is -2.17. The number of carbonyl (C=O) groups is 1. The van der Waals surface area contributed by atoms with Crippen LogP contribution in [0.2, 0.25) is 0 Å². The third-order valence-corrected chi connectivity index (χ3v) is 3.75. The maximum Gasteiger partial charge on any atom is 0.165 e. The maximum atomic E-state index is 12.4. The maximum absolute atomic E-state index is 12.4. The summed E-state index contributed by atoms with van der Waals surface area (Å²) in [6.07, 6.45) is 3.08. The monoisotopic (exact) mass is 267 g/mol. The van der Waals surface area contributed by atoms with E-state index in [0.717, 1.165) is 23.4 Å². The predicted octanol–water partition coefficient (Wildman–Crippen LogP) is 3.53. The summed E-state index contributed by atoms with van der Waals surface area (Å²) in [6, 6.07) is 11.7. The number of ketones is 1. The van der Waals surface area contributed by atoms with Gasteiger partial charge in [0.1, 0.15) is 5.75 Å². The second-order valence-corrected chi connectivity index (χ2v) is 5.19. The van der Waals surface area contributed by atoms with Gasteiger partial charge in [-0.25, -0.2) is 0 Å². The summed E-state index contributed by atoms with van der Waals surface area (Å²) in [5.41, 5.74) is 2.77. The molecule has 20 heavy (non-hydrogen) atoms. The van der Waals surface area contributed by atoms with Crippen LogP contribution < -0.4 is 4.74 Å². The number of aromatic nitrogens is 1. The summed E-state index contributed by atoms with van der Waals surface area (Å²) in [5, 5.41) is 0. The normalized spacial score (nSPS) is 17.1. The van der Waals surface area contributed by atoms with Gasteiger partial charge in [-0.1, -0.05) is 18.2 Å². The molecule has 2 aromatic rings. The number of rotatable bonds is 3. The molecule has 1 aromatic heterocycles. The molecule has 0 amide bonds. The second-order valence-electron chi connectivity index (χ2n) is 5.19. The van der Waals surface area contributed by atoms with Gasteiger partial charge in [-0.15, -0.1) is 0 Å². The molecule has 0 radical (unpaired) electrons. The van der Waals surface area contributed by atoms with Crippen LogP contribution in [0.4, 0.5) is 0 Å². The van der Waals surface area contributed by atoms with E-state index < -0.39 is 0 Å². The molecule has 102 valence electrons. The predicted molar refractivity (Wildman–Crippen MR) is 77.2 cm³/mol. The van der Waals surface area contributed by atoms with Crippen molar-refractivity contribution in [3.63, 3.8) is 0 Å². The SMILES string of the molecule is Cc1ccc(C(=O)CC2CCOc3ccccc32)cn1. The van der Waals surface area contributed by atoms with Crippen LogP contribution in [-0.4, -0.2) is 17.4 Å². The van der Waals surface area contributed by atoms with E-state index >= 15 is 0 Å². The minimum Gasteiger partial charge on any atom is -0.493 e. The van der Waals surface area contributed by atoms with E-state index in [-0.39, 0.29) is 11.7 Å². The van der Waals surface area contributed by atoms with E-state index in [9.17, 15) is 4.79 Å². The largest absolute Gasteiger partial charge is 0.493 e. The first-order valence-corrected chi connectivity index (χ1v) is 6.91. The zero-order chi connectivity index (χ0) is 13.9.